The molecule has 0 aliphatic heterocycles. The summed E-state index contributed by atoms with van der Waals surface area (Å²) in [5, 5.41) is 8.13. The molecule has 1 N–H and O–H groups in total. The second-order valence-corrected chi connectivity index (χ2v) is 6.33. The SMILES string of the molecule is CCNC(Cc1cc(CC)nn1C)CC(C)(C)C. The van der Waals surface area contributed by atoms with E-state index in [0.29, 0.717) is 11.5 Å². The fourth-order valence-electron chi connectivity index (χ4n) is 2.43. The van der Waals surface area contributed by atoms with Crippen LogP contribution in [-0.4, -0.2) is 22.4 Å². The standard InChI is InChI=1S/C15H29N3/c1-7-12-9-14(18(6)17-12)10-13(16-8-2)11-15(3,4)5/h9,13,16H,7-8,10-11H2,1-6H3. The third-order valence-electron chi connectivity index (χ3n) is 3.20. The number of aryl methyl sites for hydroxylation is 2. The highest BCUT2D eigenvalue weighted by atomic mass is 15.3. The summed E-state index contributed by atoms with van der Waals surface area (Å²) in [6, 6.07) is 2.78. The smallest absolute Gasteiger partial charge is 0.0624 e. The molecule has 0 aromatic carbocycles. The van der Waals surface area contributed by atoms with Crippen LogP contribution in [0.25, 0.3) is 0 Å². The highest BCUT2D eigenvalue weighted by molar-refractivity contribution is 5.11. The van der Waals surface area contributed by atoms with Gasteiger partial charge in [-0.3, -0.25) is 4.68 Å². The maximum absolute atomic E-state index is 4.53. The van der Waals surface area contributed by atoms with Crippen molar-refractivity contribution in [2.24, 2.45) is 12.5 Å². The lowest BCUT2D eigenvalue weighted by molar-refractivity contribution is 0.306. The Morgan fingerprint density at radius 2 is 2.00 bits per heavy atom. The van der Waals surface area contributed by atoms with Gasteiger partial charge in [0.05, 0.1) is 5.69 Å². The van der Waals surface area contributed by atoms with E-state index in [1.807, 2.05) is 4.68 Å². The molecule has 1 aromatic rings. The Kier molecular flexibility index (Phi) is 5.39. The summed E-state index contributed by atoms with van der Waals surface area (Å²) < 4.78 is 2.03. The molecule has 1 aromatic heterocycles. The number of rotatable bonds is 6. The molecule has 0 saturated heterocycles. The minimum absolute atomic E-state index is 0.360. The van der Waals surface area contributed by atoms with Crippen LogP contribution in [0, 0.1) is 5.41 Å². The number of hydrogen-bond acceptors (Lipinski definition) is 2. The van der Waals surface area contributed by atoms with Crippen molar-refractivity contribution in [1.82, 2.24) is 15.1 Å². The van der Waals surface area contributed by atoms with Gasteiger partial charge in [-0.1, -0.05) is 34.6 Å². The van der Waals surface area contributed by atoms with Gasteiger partial charge in [-0.2, -0.15) is 5.10 Å². The van der Waals surface area contributed by atoms with E-state index in [1.54, 1.807) is 0 Å². The summed E-state index contributed by atoms with van der Waals surface area (Å²) in [6.45, 7) is 12.3. The van der Waals surface area contributed by atoms with Crippen LogP contribution < -0.4 is 5.32 Å². The van der Waals surface area contributed by atoms with Gasteiger partial charge in [0.25, 0.3) is 0 Å². The molecule has 3 heteroatoms. The van der Waals surface area contributed by atoms with E-state index in [2.05, 4.69) is 58.1 Å². The molecule has 0 radical (unpaired) electrons. The quantitative estimate of drug-likeness (QED) is 0.842. The molecule has 1 heterocycles. The monoisotopic (exact) mass is 251 g/mol. The summed E-state index contributed by atoms with van der Waals surface area (Å²) in [5.74, 6) is 0. The molecule has 0 spiro atoms. The van der Waals surface area contributed by atoms with Crippen molar-refractivity contribution in [2.45, 2.75) is 59.9 Å². The number of hydrogen-bond donors (Lipinski definition) is 1. The van der Waals surface area contributed by atoms with Crippen LogP contribution in [0.4, 0.5) is 0 Å². The fraction of sp³-hybridized carbons (Fsp3) is 0.800. The third-order valence-corrected chi connectivity index (χ3v) is 3.20. The van der Waals surface area contributed by atoms with Crippen molar-refractivity contribution in [3.8, 4) is 0 Å². The van der Waals surface area contributed by atoms with Crippen LogP contribution in [0.15, 0.2) is 6.07 Å². The Balaban J connectivity index is 2.72. The molecule has 0 saturated carbocycles. The second kappa shape index (κ2) is 6.37. The highest BCUT2D eigenvalue weighted by Gasteiger charge is 2.19. The largest absolute Gasteiger partial charge is 0.314 e. The van der Waals surface area contributed by atoms with E-state index in [0.717, 1.165) is 19.4 Å². The maximum atomic E-state index is 4.53. The number of likely N-dealkylation sites (N-methyl/N-ethyl adjacent to an activating group) is 1. The van der Waals surface area contributed by atoms with Crippen LogP contribution in [0.3, 0.4) is 0 Å². The van der Waals surface area contributed by atoms with Gasteiger partial charge in [0.2, 0.25) is 0 Å². The van der Waals surface area contributed by atoms with Gasteiger partial charge in [-0.25, -0.2) is 0 Å². The molecule has 0 bridgehead atoms. The second-order valence-electron chi connectivity index (χ2n) is 6.33. The average molecular weight is 251 g/mol. The Bertz CT molecular complexity index is 360. The molecule has 18 heavy (non-hydrogen) atoms. The molecule has 0 fully saturated rings. The predicted molar refractivity (Wildman–Crippen MR) is 77.8 cm³/mol. The zero-order valence-corrected chi connectivity index (χ0v) is 12.9. The Morgan fingerprint density at radius 1 is 1.33 bits per heavy atom. The molecule has 0 amide bonds. The van der Waals surface area contributed by atoms with Crippen molar-refractivity contribution < 1.29 is 0 Å². The lowest BCUT2D eigenvalue weighted by Crippen LogP contribution is -2.35. The van der Waals surface area contributed by atoms with Crippen LogP contribution in [0.1, 0.15) is 52.4 Å². The van der Waals surface area contributed by atoms with Crippen molar-refractivity contribution >= 4 is 0 Å². The molecule has 1 atom stereocenters. The summed E-state index contributed by atoms with van der Waals surface area (Å²) in [5.41, 5.74) is 2.89. The molecule has 0 aliphatic carbocycles. The van der Waals surface area contributed by atoms with Gasteiger partial charge in [0, 0.05) is 25.2 Å². The van der Waals surface area contributed by atoms with Gasteiger partial charge in [0.1, 0.15) is 0 Å². The first kappa shape index (κ1) is 15.2. The van der Waals surface area contributed by atoms with E-state index in [1.165, 1.54) is 17.8 Å². The molecule has 0 aliphatic rings. The molecular weight excluding hydrogens is 222 g/mol. The van der Waals surface area contributed by atoms with Crippen LogP contribution >= 0.6 is 0 Å². The normalized spacial score (nSPS) is 13.9. The Morgan fingerprint density at radius 3 is 2.44 bits per heavy atom. The zero-order valence-electron chi connectivity index (χ0n) is 12.9. The maximum Gasteiger partial charge on any atom is 0.0624 e. The van der Waals surface area contributed by atoms with E-state index in [-0.39, 0.29) is 0 Å². The lowest BCUT2D eigenvalue weighted by atomic mass is 9.86. The van der Waals surface area contributed by atoms with Gasteiger partial charge < -0.3 is 5.32 Å². The first-order chi connectivity index (χ1) is 8.35. The molecule has 1 rings (SSSR count). The molecule has 1 unspecified atom stereocenters. The van der Waals surface area contributed by atoms with Gasteiger partial charge in [0.15, 0.2) is 0 Å². The number of nitrogens with zero attached hydrogens (tertiary/aromatic N) is 2. The predicted octanol–water partition coefficient (Wildman–Crippen LogP) is 2.94. The van der Waals surface area contributed by atoms with Crippen LogP contribution in [0.2, 0.25) is 0 Å². The number of aromatic nitrogens is 2. The summed E-state index contributed by atoms with van der Waals surface area (Å²) in [4.78, 5) is 0. The summed E-state index contributed by atoms with van der Waals surface area (Å²) in [7, 11) is 2.05. The molecular formula is C15H29N3. The average Bonchev–Trinajstić information content (AvgIpc) is 2.58. The molecule has 104 valence electrons. The van der Waals surface area contributed by atoms with Gasteiger partial charge >= 0.3 is 0 Å². The van der Waals surface area contributed by atoms with Crippen molar-refractivity contribution in [3.05, 3.63) is 17.5 Å². The lowest BCUT2D eigenvalue weighted by Gasteiger charge is -2.26. The minimum atomic E-state index is 0.360. The van der Waals surface area contributed by atoms with Crippen LogP contribution in [0.5, 0.6) is 0 Å². The van der Waals surface area contributed by atoms with E-state index >= 15 is 0 Å². The summed E-state index contributed by atoms with van der Waals surface area (Å²) >= 11 is 0. The molecule has 3 nitrogen and oxygen atoms in total. The van der Waals surface area contributed by atoms with E-state index in [4.69, 9.17) is 0 Å². The first-order valence-corrected chi connectivity index (χ1v) is 7.11. The number of nitrogens with one attached hydrogen (secondary N) is 1. The highest BCUT2D eigenvalue weighted by Crippen LogP contribution is 2.22. The van der Waals surface area contributed by atoms with Crippen molar-refractivity contribution in [3.63, 3.8) is 0 Å². The van der Waals surface area contributed by atoms with Crippen molar-refractivity contribution in [1.29, 1.82) is 0 Å². The van der Waals surface area contributed by atoms with E-state index < -0.39 is 0 Å². The van der Waals surface area contributed by atoms with E-state index in [9.17, 15) is 0 Å². The van der Waals surface area contributed by atoms with Gasteiger partial charge in [-0.05, 0) is 30.9 Å². The summed E-state index contributed by atoms with van der Waals surface area (Å²) in [6.07, 6.45) is 3.26. The third kappa shape index (κ3) is 4.81. The Hall–Kier alpha value is -0.830. The first-order valence-electron chi connectivity index (χ1n) is 7.11. The fourth-order valence-corrected chi connectivity index (χ4v) is 2.43. The minimum Gasteiger partial charge on any atom is -0.314 e. The van der Waals surface area contributed by atoms with Crippen molar-refractivity contribution in [2.75, 3.05) is 6.54 Å². The topological polar surface area (TPSA) is 29.9 Å². The zero-order chi connectivity index (χ0) is 13.8. The van der Waals surface area contributed by atoms with Gasteiger partial charge in [-0.15, -0.1) is 0 Å². The van der Waals surface area contributed by atoms with Crippen LogP contribution in [-0.2, 0) is 19.9 Å². The Labute approximate surface area is 112 Å².